The van der Waals surface area contributed by atoms with Gasteiger partial charge in [0.2, 0.25) is 0 Å². The van der Waals surface area contributed by atoms with Gasteiger partial charge in [-0.15, -0.1) is 0 Å². The fourth-order valence-electron chi connectivity index (χ4n) is 2.81. The summed E-state index contributed by atoms with van der Waals surface area (Å²) in [6, 6.07) is 5.19. The van der Waals surface area contributed by atoms with Crippen LogP contribution >= 0.6 is 0 Å². The Morgan fingerprint density at radius 2 is 2.21 bits per heavy atom. The van der Waals surface area contributed by atoms with Crippen molar-refractivity contribution in [2.45, 2.75) is 44.8 Å². The van der Waals surface area contributed by atoms with E-state index in [9.17, 15) is 5.11 Å². The van der Waals surface area contributed by atoms with Crippen molar-refractivity contribution in [3.05, 3.63) is 23.9 Å². The van der Waals surface area contributed by atoms with Gasteiger partial charge in [-0.2, -0.15) is 0 Å². The van der Waals surface area contributed by atoms with Gasteiger partial charge >= 0.3 is 0 Å². The molecule has 0 bridgehead atoms. The highest BCUT2D eigenvalue weighted by Gasteiger charge is 2.31. The summed E-state index contributed by atoms with van der Waals surface area (Å²) in [6.45, 7) is 4.33. The van der Waals surface area contributed by atoms with Gasteiger partial charge in [0.05, 0.1) is 12.6 Å². The second kappa shape index (κ2) is 5.47. The molecule has 4 heteroatoms. The number of pyridine rings is 1. The van der Waals surface area contributed by atoms with E-state index in [1.807, 2.05) is 6.20 Å². The molecule has 2 N–H and O–H groups in total. The summed E-state index contributed by atoms with van der Waals surface area (Å²) in [4.78, 5) is 6.81. The first-order valence-electron chi connectivity index (χ1n) is 7.33. The zero-order valence-corrected chi connectivity index (χ0v) is 11.5. The number of aliphatic hydroxyl groups is 1. The van der Waals surface area contributed by atoms with E-state index in [1.165, 1.54) is 18.4 Å². The Bertz CT molecular complexity index is 416. The molecular formula is C15H23N3O. The number of anilines is 1. The van der Waals surface area contributed by atoms with Gasteiger partial charge in [-0.25, -0.2) is 4.98 Å². The summed E-state index contributed by atoms with van der Waals surface area (Å²) >= 11 is 0. The van der Waals surface area contributed by atoms with Crippen LogP contribution in [-0.4, -0.2) is 35.3 Å². The molecule has 1 saturated heterocycles. The molecule has 0 amide bonds. The van der Waals surface area contributed by atoms with Crippen LogP contribution in [0, 0.1) is 5.92 Å². The predicted molar refractivity (Wildman–Crippen MR) is 76.1 cm³/mol. The lowest BCUT2D eigenvalue weighted by molar-refractivity contribution is 0.244. The lowest BCUT2D eigenvalue weighted by Crippen LogP contribution is -2.35. The first kappa shape index (κ1) is 12.9. The van der Waals surface area contributed by atoms with E-state index in [0.29, 0.717) is 5.92 Å². The van der Waals surface area contributed by atoms with Gasteiger partial charge in [-0.3, -0.25) is 0 Å². The number of nitrogens with zero attached hydrogens (tertiary/aromatic N) is 2. The van der Waals surface area contributed by atoms with E-state index >= 15 is 0 Å². The van der Waals surface area contributed by atoms with Gasteiger partial charge in [0, 0.05) is 25.3 Å². The molecule has 2 fully saturated rings. The molecule has 0 spiro atoms. The zero-order valence-electron chi connectivity index (χ0n) is 11.5. The SMILES string of the molecule is CC1CCN(c2ccc(CNC3CC3)cn2)C1CO. The summed E-state index contributed by atoms with van der Waals surface area (Å²) in [5.74, 6) is 1.54. The number of hydrogen-bond donors (Lipinski definition) is 2. The second-order valence-electron chi connectivity index (χ2n) is 5.89. The molecule has 104 valence electrons. The normalized spacial score (nSPS) is 26.9. The monoisotopic (exact) mass is 261 g/mol. The lowest BCUT2D eigenvalue weighted by atomic mass is 10.0. The fourth-order valence-corrected chi connectivity index (χ4v) is 2.81. The second-order valence-corrected chi connectivity index (χ2v) is 5.89. The molecule has 1 aromatic rings. The largest absolute Gasteiger partial charge is 0.394 e. The van der Waals surface area contributed by atoms with Crippen LogP contribution < -0.4 is 10.2 Å². The summed E-state index contributed by atoms with van der Waals surface area (Å²) in [7, 11) is 0. The first-order chi connectivity index (χ1) is 9.28. The van der Waals surface area contributed by atoms with Gasteiger partial charge in [0.25, 0.3) is 0 Å². The smallest absolute Gasteiger partial charge is 0.128 e. The molecule has 1 saturated carbocycles. The van der Waals surface area contributed by atoms with Crippen molar-refractivity contribution in [3.63, 3.8) is 0 Å². The van der Waals surface area contributed by atoms with Crippen LogP contribution in [0.25, 0.3) is 0 Å². The van der Waals surface area contributed by atoms with Crippen LogP contribution in [0.1, 0.15) is 31.7 Å². The minimum atomic E-state index is 0.216. The molecule has 2 heterocycles. The van der Waals surface area contributed by atoms with E-state index in [2.05, 4.69) is 34.3 Å². The third-order valence-electron chi connectivity index (χ3n) is 4.35. The maximum absolute atomic E-state index is 9.50. The Labute approximate surface area is 114 Å². The van der Waals surface area contributed by atoms with Crippen molar-refractivity contribution in [1.29, 1.82) is 0 Å². The number of aromatic nitrogens is 1. The third-order valence-corrected chi connectivity index (χ3v) is 4.35. The molecule has 2 atom stereocenters. The summed E-state index contributed by atoms with van der Waals surface area (Å²) in [5, 5.41) is 13.0. The standard InChI is InChI=1S/C15H23N3O/c1-11-6-7-18(14(11)10-19)15-5-2-12(9-17-15)8-16-13-3-4-13/h2,5,9,11,13-14,16,19H,3-4,6-8,10H2,1H3. The quantitative estimate of drug-likeness (QED) is 0.844. The molecule has 4 nitrogen and oxygen atoms in total. The van der Waals surface area contributed by atoms with E-state index < -0.39 is 0 Å². The van der Waals surface area contributed by atoms with Crippen molar-refractivity contribution in [3.8, 4) is 0 Å². The van der Waals surface area contributed by atoms with Gasteiger partial charge in [-0.1, -0.05) is 13.0 Å². The van der Waals surface area contributed by atoms with Gasteiger partial charge < -0.3 is 15.3 Å². The molecule has 19 heavy (non-hydrogen) atoms. The molecule has 0 radical (unpaired) electrons. The molecular weight excluding hydrogens is 238 g/mol. The Hall–Kier alpha value is -1.13. The van der Waals surface area contributed by atoms with Crippen molar-refractivity contribution in [1.82, 2.24) is 10.3 Å². The van der Waals surface area contributed by atoms with Gasteiger partial charge in [-0.05, 0) is 36.8 Å². The van der Waals surface area contributed by atoms with Crippen LogP contribution in [0.2, 0.25) is 0 Å². The summed E-state index contributed by atoms with van der Waals surface area (Å²) in [6.07, 6.45) is 5.73. The van der Waals surface area contributed by atoms with E-state index in [-0.39, 0.29) is 12.6 Å². The van der Waals surface area contributed by atoms with E-state index in [0.717, 1.165) is 31.4 Å². The molecule has 0 aromatic carbocycles. The average Bonchev–Trinajstić information content (AvgIpc) is 3.19. The van der Waals surface area contributed by atoms with Crippen molar-refractivity contribution < 1.29 is 5.11 Å². The maximum Gasteiger partial charge on any atom is 0.128 e. The molecule has 1 aliphatic carbocycles. The Morgan fingerprint density at radius 3 is 2.84 bits per heavy atom. The van der Waals surface area contributed by atoms with Crippen LogP contribution in [0.5, 0.6) is 0 Å². The van der Waals surface area contributed by atoms with Gasteiger partial charge in [0.15, 0.2) is 0 Å². The van der Waals surface area contributed by atoms with Crippen LogP contribution in [0.15, 0.2) is 18.3 Å². The fraction of sp³-hybridized carbons (Fsp3) is 0.667. The Morgan fingerprint density at radius 1 is 1.37 bits per heavy atom. The number of aliphatic hydroxyl groups excluding tert-OH is 1. The highest BCUT2D eigenvalue weighted by molar-refractivity contribution is 5.42. The van der Waals surface area contributed by atoms with E-state index in [1.54, 1.807) is 0 Å². The zero-order chi connectivity index (χ0) is 13.2. The Balaban J connectivity index is 1.64. The molecule has 2 unspecified atom stereocenters. The lowest BCUT2D eigenvalue weighted by Gasteiger charge is -2.26. The highest BCUT2D eigenvalue weighted by Crippen LogP contribution is 2.28. The maximum atomic E-state index is 9.50. The average molecular weight is 261 g/mol. The molecule has 1 aromatic heterocycles. The minimum Gasteiger partial charge on any atom is -0.394 e. The van der Waals surface area contributed by atoms with Gasteiger partial charge in [0.1, 0.15) is 5.82 Å². The van der Waals surface area contributed by atoms with Crippen LogP contribution in [0.3, 0.4) is 0 Å². The Kier molecular flexibility index (Phi) is 3.71. The van der Waals surface area contributed by atoms with Crippen molar-refractivity contribution in [2.75, 3.05) is 18.1 Å². The third kappa shape index (κ3) is 2.90. The predicted octanol–water partition coefficient (Wildman–Crippen LogP) is 1.54. The summed E-state index contributed by atoms with van der Waals surface area (Å²) < 4.78 is 0. The topological polar surface area (TPSA) is 48.4 Å². The molecule has 1 aliphatic heterocycles. The first-order valence-corrected chi connectivity index (χ1v) is 7.33. The number of hydrogen-bond acceptors (Lipinski definition) is 4. The van der Waals surface area contributed by atoms with E-state index in [4.69, 9.17) is 0 Å². The molecule has 3 rings (SSSR count). The summed E-state index contributed by atoms with van der Waals surface area (Å²) in [5.41, 5.74) is 1.24. The van der Waals surface area contributed by atoms with Crippen LogP contribution in [0.4, 0.5) is 5.82 Å². The number of nitrogens with one attached hydrogen (secondary N) is 1. The minimum absolute atomic E-state index is 0.216. The van der Waals surface area contributed by atoms with Crippen molar-refractivity contribution in [2.24, 2.45) is 5.92 Å². The number of rotatable bonds is 5. The van der Waals surface area contributed by atoms with Crippen molar-refractivity contribution >= 4 is 5.82 Å². The molecule has 2 aliphatic rings. The van der Waals surface area contributed by atoms with Crippen LogP contribution in [-0.2, 0) is 6.54 Å². The highest BCUT2D eigenvalue weighted by atomic mass is 16.3.